The van der Waals surface area contributed by atoms with Crippen molar-refractivity contribution in [3.05, 3.63) is 45.9 Å². The number of hydrogen-bond donors (Lipinski definition) is 2. The van der Waals surface area contributed by atoms with E-state index in [1.807, 2.05) is 12.1 Å². The predicted molar refractivity (Wildman–Crippen MR) is 114 cm³/mol. The van der Waals surface area contributed by atoms with E-state index in [2.05, 4.69) is 71.0 Å². The zero-order chi connectivity index (χ0) is 19.8. The van der Waals surface area contributed by atoms with Gasteiger partial charge >= 0.3 is 0 Å². The minimum atomic E-state index is 0.224. The molecule has 0 aliphatic rings. The van der Waals surface area contributed by atoms with Crippen LogP contribution in [0.4, 0.5) is 0 Å². The van der Waals surface area contributed by atoms with Crippen LogP contribution in [0.2, 0.25) is 0 Å². The van der Waals surface area contributed by atoms with E-state index >= 15 is 0 Å². The summed E-state index contributed by atoms with van der Waals surface area (Å²) < 4.78 is 5.25. The smallest absolute Gasteiger partial charge is 0.191 e. The van der Waals surface area contributed by atoms with Crippen LogP contribution in [0.5, 0.6) is 5.75 Å². The number of thiazole rings is 1. The molecule has 0 radical (unpaired) electrons. The van der Waals surface area contributed by atoms with Gasteiger partial charge in [0.1, 0.15) is 10.8 Å². The minimum absolute atomic E-state index is 0.224. The number of hydrogen-bond acceptors (Lipinski definition) is 5. The topological polar surface area (TPSA) is 61.8 Å². The van der Waals surface area contributed by atoms with Gasteiger partial charge in [-0.25, -0.2) is 4.98 Å². The Hall–Kier alpha value is -2.12. The Morgan fingerprint density at radius 1 is 1.22 bits per heavy atom. The van der Waals surface area contributed by atoms with Gasteiger partial charge in [0, 0.05) is 19.0 Å². The second kappa shape index (κ2) is 10.3. The first-order valence-electron chi connectivity index (χ1n) is 9.13. The van der Waals surface area contributed by atoms with Gasteiger partial charge in [-0.2, -0.15) is 0 Å². The van der Waals surface area contributed by atoms with Gasteiger partial charge in [0.05, 0.1) is 25.4 Å². The van der Waals surface area contributed by atoms with Gasteiger partial charge in [-0.15, -0.1) is 11.3 Å². The molecule has 1 aromatic heterocycles. The molecule has 1 aromatic carbocycles. The summed E-state index contributed by atoms with van der Waals surface area (Å²) in [5, 5.41) is 9.97. The first-order valence-corrected chi connectivity index (χ1v) is 10.0. The van der Waals surface area contributed by atoms with Gasteiger partial charge in [0.15, 0.2) is 5.96 Å². The molecule has 27 heavy (non-hydrogen) atoms. The Kier molecular flexibility index (Phi) is 8.06. The van der Waals surface area contributed by atoms with Crippen molar-refractivity contribution in [1.82, 2.24) is 20.5 Å². The molecule has 0 fully saturated rings. The zero-order valence-corrected chi connectivity index (χ0v) is 17.9. The summed E-state index contributed by atoms with van der Waals surface area (Å²) in [5.74, 6) is 2.10. The maximum Gasteiger partial charge on any atom is 0.191 e. The van der Waals surface area contributed by atoms with E-state index in [1.54, 1.807) is 25.5 Å². The highest BCUT2D eigenvalue weighted by Crippen LogP contribution is 2.21. The average molecular weight is 390 g/mol. The molecule has 0 aliphatic carbocycles. The fourth-order valence-electron chi connectivity index (χ4n) is 2.67. The zero-order valence-electron chi connectivity index (χ0n) is 17.1. The van der Waals surface area contributed by atoms with Crippen LogP contribution in [-0.2, 0) is 6.54 Å². The Morgan fingerprint density at radius 2 is 1.93 bits per heavy atom. The third kappa shape index (κ3) is 6.22. The number of ether oxygens (including phenoxy) is 1. The molecule has 2 aromatic rings. The number of aromatic nitrogens is 1. The molecular formula is C20H31N5OS. The van der Waals surface area contributed by atoms with E-state index in [1.165, 1.54) is 5.56 Å². The molecule has 1 atom stereocenters. The van der Waals surface area contributed by atoms with E-state index in [0.717, 1.165) is 29.0 Å². The standard InChI is InChI=1S/C20H31N5OS/c1-14(2)17-13-27-19(24-17)12-23-20(21-3)22-11-18(25(4)5)15-7-9-16(26-6)10-8-15/h7-10,13-14,18H,11-12H2,1-6H3,(H2,21,22,23). The van der Waals surface area contributed by atoms with Crippen LogP contribution in [0.3, 0.4) is 0 Å². The summed E-state index contributed by atoms with van der Waals surface area (Å²) in [5.41, 5.74) is 2.37. The van der Waals surface area contributed by atoms with Crippen LogP contribution in [0, 0.1) is 0 Å². The van der Waals surface area contributed by atoms with Crippen molar-refractivity contribution in [3.8, 4) is 5.75 Å². The van der Waals surface area contributed by atoms with Gasteiger partial charge in [-0.1, -0.05) is 26.0 Å². The van der Waals surface area contributed by atoms with Gasteiger partial charge in [0.2, 0.25) is 0 Å². The predicted octanol–water partition coefficient (Wildman–Crippen LogP) is 3.24. The fraction of sp³-hybridized carbons (Fsp3) is 0.500. The van der Waals surface area contributed by atoms with E-state index in [4.69, 9.17) is 4.74 Å². The molecule has 0 saturated carbocycles. The monoisotopic (exact) mass is 389 g/mol. The van der Waals surface area contributed by atoms with Gasteiger partial charge in [-0.05, 0) is 37.7 Å². The number of guanidine groups is 1. The molecule has 2 N–H and O–H groups in total. The highest BCUT2D eigenvalue weighted by atomic mass is 32.1. The van der Waals surface area contributed by atoms with Crippen molar-refractivity contribution >= 4 is 17.3 Å². The maximum absolute atomic E-state index is 5.25. The summed E-state index contributed by atoms with van der Waals surface area (Å²) in [6.07, 6.45) is 0. The van der Waals surface area contributed by atoms with Crippen molar-refractivity contribution in [1.29, 1.82) is 0 Å². The van der Waals surface area contributed by atoms with Crippen molar-refractivity contribution < 1.29 is 4.74 Å². The van der Waals surface area contributed by atoms with E-state index in [0.29, 0.717) is 12.5 Å². The number of nitrogens with one attached hydrogen (secondary N) is 2. The number of nitrogens with zero attached hydrogens (tertiary/aromatic N) is 3. The van der Waals surface area contributed by atoms with Crippen LogP contribution in [-0.4, -0.2) is 50.6 Å². The third-order valence-electron chi connectivity index (χ3n) is 4.38. The Morgan fingerprint density at radius 3 is 2.44 bits per heavy atom. The van der Waals surface area contributed by atoms with E-state index < -0.39 is 0 Å². The molecule has 0 amide bonds. The first kappa shape index (κ1) is 21.2. The first-order chi connectivity index (χ1) is 12.9. The minimum Gasteiger partial charge on any atom is -0.497 e. The number of rotatable bonds is 8. The number of likely N-dealkylation sites (N-methyl/N-ethyl adjacent to an activating group) is 1. The van der Waals surface area contributed by atoms with Gasteiger partial charge in [0.25, 0.3) is 0 Å². The van der Waals surface area contributed by atoms with E-state index in [9.17, 15) is 0 Å². The van der Waals surface area contributed by atoms with Crippen LogP contribution in [0.25, 0.3) is 0 Å². The van der Waals surface area contributed by atoms with Crippen LogP contribution in [0.1, 0.15) is 42.1 Å². The third-order valence-corrected chi connectivity index (χ3v) is 5.25. The van der Waals surface area contributed by atoms with Crippen molar-refractivity contribution in [3.63, 3.8) is 0 Å². The lowest BCUT2D eigenvalue weighted by molar-refractivity contribution is 0.298. The van der Waals surface area contributed by atoms with Gasteiger partial charge in [-0.3, -0.25) is 4.99 Å². The summed E-state index contributed by atoms with van der Waals surface area (Å²) in [7, 11) is 7.63. The lowest BCUT2D eigenvalue weighted by atomic mass is 10.1. The summed E-state index contributed by atoms with van der Waals surface area (Å²) in [6, 6.07) is 8.41. The highest BCUT2D eigenvalue weighted by Gasteiger charge is 2.15. The summed E-state index contributed by atoms with van der Waals surface area (Å²) >= 11 is 1.68. The molecule has 6 nitrogen and oxygen atoms in total. The fourth-order valence-corrected chi connectivity index (χ4v) is 3.56. The van der Waals surface area contributed by atoms with Crippen molar-refractivity contribution in [2.75, 3.05) is 34.8 Å². The molecule has 0 bridgehead atoms. The molecule has 2 rings (SSSR count). The van der Waals surface area contributed by atoms with Crippen LogP contribution >= 0.6 is 11.3 Å². The van der Waals surface area contributed by atoms with Crippen LogP contribution in [0.15, 0.2) is 34.6 Å². The molecule has 1 unspecified atom stereocenters. The highest BCUT2D eigenvalue weighted by molar-refractivity contribution is 7.09. The summed E-state index contributed by atoms with van der Waals surface area (Å²) in [4.78, 5) is 11.2. The number of aliphatic imine (C=N–C) groups is 1. The SMILES string of the molecule is CN=C(NCc1nc(C(C)C)cs1)NCC(c1ccc(OC)cc1)N(C)C. The van der Waals surface area contributed by atoms with E-state index in [-0.39, 0.29) is 6.04 Å². The average Bonchev–Trinajstić information content (AvgIpc) is 3.14. The quantitative estimate of drug-likeness (QED) is 0.536. The molecule has 0 saturated heterocycles. The molecule has 0 spiro atoms. The second-order valence-corrected chi connectivity index (χ2v) is 7.82. The molecule has 0 aliphatic heterocycles. The second-order valence-electron chi connectivity index (χ2n) is 6.88. The molecule has 1 heterocycles. The molecular weight excluding hydrogens is 358 g/mol. The Labute approximate surface area is 166 Å². The number of benzene rings is 1. The Bertz CT molecular complexity index is 724. The largest absolute Gasteiger partial charge is 0.497 e. The van der Waals surface area contributed by atoms with Crippen molar-refractivity contribution in [2.45, 2.75) is 32.4 Å². The molecule has 148 valence electrons. The number of methoxy groups -OCH3 is 1. The normalized spacial score (nSPS) is 13.1. The Balaban J connectivity index is 1.93. The van der Waals surface area contributed by atoms with Crippen LogP contribution < -0.4 is 15.4 Å². The maximum atomic E-state index is 5.25. The molecule has 7 heteroatoms. The lowest BCUT2D eigenvalue weighted by Gasteiger charge is -2.26. The lowest BCUT2D eigenvalue weighted by Crippen LogP contribution is -2.41. The summed E-state index contributed by atoms with van der Waals surface area (Å²) in [6.45, 7) is 5.74. The van der Waals surface area contributed by atoms with Crippen molar-refractivity contribution in [2.24, 2.45) is 4.99 Å². The van der Waals surface area contributed by atoms with Gasteiger partial charge < -0.3 is 20.3 Å².